The average molecular weight is 161 g/mol. The van der Waals surface area contributed by atoms with E-state index in [1.54, 1.807) is 13.8 Å². The summed E-state index contributed by atoms with van der Waals surface area (Å²) >= 11 is 0. The molecular weight excluding hydrogens is 146 g/mol. The van der Waals surface area contributed by atoms with Gasteiger partial charge in [0.25, 0.3) is 0 Å². The molecule has 0 fully saturated rings. The summed E-state index contributed by atoms with van der Waals surface area (Å²) in [6.07, 6.45) is 0.485. The summed E-state index contributed by atoms with van der Waals surface area (Å²) < 4.78 is 0. The Balaban J connectivity index is 3.35. The number of amides is 1. The zero-order valence-electron chi connectivity index (χ0n) is 6.92. The minimum Gasteiger partial charge on any atom is -0.390 e. The van der Waals surface area contributed by atoms with Crippen molar-refractivity contribution in [3.05, 3.63) is 0 Å². The lowest BCUT2D eigenvalue weighted by Gasteiger charge is -2.16. The van der Waals surface area contributed by atoms with Crippen molar-refractivity contribution in [3.63, 3.8) is 0 Å². The Morgan fingerprint density at radius 1 is 1.55 bits per heavy atom. The lowest BCUT2D eigenvalue weighted by Crippen LogP contribution is -2.32. The van der Waals surface area contributed by atoms with Gasteiger partial charge in [-0.1, -0.05) is 0 Å². The quantitative estimate of drug-likeness (QED) is 0.508. The Kier molecular flexibility index (Phi) is 4.07. The van der Waals surface area contributed by atoms with Gasteiger partial charge < -0.3 is 15.5 Å². The fraction of sp³-hybridized carbons (Fsp3) is 0.857. The number of hydrogen-bond donors (Lipinski definition) is 3. The highest BCUT2D eigenvalue weighted by Crippen LogP contribution is 2.04. The Bertz CT molecular complexity index is 128. The zero-order valence-corrected chi connectivity index (χ0v) is 6.92. The van der Waals surface area contributed by atoms with E-state index in [1.807, 2.05) is 0 Å². The lowest BCUT2D eigenvalue weighted by atomic mass is 10.1. The highest BCUT2D eigenvalue weighted by Gasteiger charge is 2.11. The largest absolute Gasteiger partial charge is 0.390 e. The summed E-state index contributed by atoms with van der Waals surface area (Å²) in [6, 6.07) is 0. The van der Waals surface area contributed by atoms with Crippen LogP contribution in [0, 0.1) is 0 Å². The molecule has 3 N–H and O–H groups in total. The third-order valence-corrected chi connectivity index (χ3v) is 1.20. The van der Waals surface area contributed by atoms with E-state index in [1.165, 1.54) is 0 Å². The molecule has 0 atom stereocenters. The Morgan fingerprint density at radius 3 is 2.45 bits per heavy atom. The molecule has 4 heteroatoms. The zero-order chi connectivity index (χ0) is 8.91. The molecule has 0 aromatic carbocycles. The van der Waals surface area contributed by atoms with Gasteiger partial charge in [-0.25, -0.2) is 0 Å². The van der Waals surface area contributed by atoms with Gasteiger partial charge in [0.15, 0.2) is 0 Å². The number of hydrogen-bond acceptors (Lipinski definition) is 3. The van der Waals surface area contributed by atoms with Crippen LogP contribution in [-0.4, -0.2) is 34.9 Å². The molecule has 0 saturated heterocycles. The third-order valence-electron chi connectivity index (χ3n) is 1.20. The molecule has 0 aliphatic heterocycles. The second-order valence-corrected chi connectivity index (χ2v) is 3.07. The molecule has 0 spiro atoms. The molecule has 1 amide bonds. The Hall–Kier alpha value is -0.610. The van der Waals surface area contributed by atoms with Crippen LogP contribution in [0.15, 0.2) is 0 Å². The number of aliphatic hydroxyl groups excluding tert-OH is 1. The van der Waals surface area contributed by atoms with E-state index in [0.29, 0.717) is 13.0 Å². The fourth-order valence-electron chi connectivity index (χ4n) is 0.564. The highest BCUT2D eigenvalue weighted by molar-refractivity contribution is 5.76. The van der Waals surface area contributed by atoms with Gasteiger partial charge in [-0.15, -0.1) is 0 Å². The molecule has 0 bridgehead atoms. The van der Waals surface area contributed by atoms with Gasteiger partial charge in [0.2, 0.25) is 5.91 Å². The summed E-state index contributed by atoms with van der Waals surface area (Å²) in [5, 5.41) is 19.9. The number of carbonyl (C=O) groups excluding carboxylic acids is 1. The summed E-state index contributed by atoms with van der Waals surface area (Å²) in [5.41, 5.74) is -0.761. The minimum absolute atomic E-state index is 0.392. The molecule has 0 heterocycles. The average Bonchev–Trinajstić information content (AvgIpc) is 1.85. The van der Waals surface area contributed by atoms with Gasteiger partial charge >= 0.3 is 0 Å². The van der Waals surface area contributed by atoms with E-state index in [0.717, 1.165) is 0 Å². The Morgan fingerprint density at radius 2 is 2.09 bits per heavy atom. The second kappa shape index (κ2) is 4.31. The molecule has 66 valence electrons. The molecular formula is C7H15NO3. The van der Waals surface area contributed by atoms with Crippen LogP contribution in [0.3, 0.4) is 0 Å². The number of aliphatic hydroxyl groups is 2. The first kappa shape index (κ1) is 10.4. The standard InChI is InChI=1S/C7H15NO3/c1-7(2,11)3-4-8-6(10)5-9/h9,11H,3-5H2,1-2H3,(H,8,10). The van der Waals surface area contributed by atoms with Crippen molar-refractivity contribution < 1.29 is 15.0 Å². The summed E-state index contributed by atoms with van der Waals surface area (Å²) in [4.78, 5) is 10.5. The van der Waals surface area contributed by atoms with Gasteiger partial charge in [-0.2, -0.15) is 0 Å². The molecule has 0 radical (unpaired) electrons. The molecule has 0 unspecified atom stereocenters. The van der Waals surface area contributed by atoms with Gasteiger partial charge in [0.05, 0.1) is 5.60 Å². The number of carbonyl (C=O) groups is 1. The first-order chi connectivity index (χ1) is 4.95. The molecule has 0 aromatic heterocycles. The first-order valence-electron chi connectivity index (χ1n) is 3.55. The Labute approximate surface area is 66.2 Å². The fourth-order valence-corrected chi connectivity index (χ4v) is 0.564. The van der Waals surface area contributed by atoms with Gasteiger partial charge in [0, 0.05) is 6.54 Å². The van der Waals surface area contributed by atoms with Crippen LogP contribution in [0.5, 0.6) is 0 Å². The van der Waals surface area contributed by atoms with E-state index in [9.17, 15) is 9.90 Å². The van der Waals surface area contributed by atoms with E-state index in [4.69, 9.17) is 5.11 Å². The van der Waals surface area contributed by atoms with Crippen LogP contribution in [0.4, 0.5) is 0 Å². The predicted molar refractivity (Wildman–Crippen MR) is 41.0 cm³/mol. The van der Waals surface area contributed by atoms with E-state index < -0.39 is 18.1 Å². The normalized spacial score (nSPS) is 11.3. The van der Waals surface area contributed by atoms with Crippen molar-refractivity contribution in [2.75, 3.05) is 13.2 Å². The van der Waals surface area contributed by atoms with Crippen molar-refractivity contribution in [2.24, 2.45) is 0 Å². The third kappa shape index (κ3) is 7.29. The van der Waals surface area contributed by atoms with Gasteiger partial charge in [-0.05, 0) is 20.3 Å². The van der Waals surface area contributed by atoms with Crippen LogP contribution >= 0.6 is 0 Å². The predicted octanol–water partition coefficient (Wildman–Crippen LogP) is -0.744. The van der Waals surface area contributed by atoms with Crippen molar-refractivity contribution in [3.8, 4) is 0 Å². The highest BCUT2D eigenvalue weighted by atomic mass is 16.3. The minimum atomic E-state index is -0.761. The maximum absolute atomic E-state index is 10.5. The van der Waals surface area contributed by atoms with Gasteiger partial charge in [0.1, 0.15) is 6.61 Å². The smallest absolute Gasteiger partial charge is 0.245 e. The molecule has 4 nitrogen and oxygen atoms in total. The topological polar surface area (TPSA) is 69.6 Å². The van der Waals surface area contributed by atoms with Crippen LogP contribution in [0.25, 0.3) is 0 Å². The number of nitrogens with one attached hydrogen (secondary N) is 1. The van der Waals surface area contributed by atoms with Crippen LogP contribution < -0.4 is 5.32 Å². The number of rotatable bonds is 4. The molecule has 0 saturated carbocycles. The SMILES string of the molecule is CC(C)(O)CCNC(=O)CO. The first-order valence-corrected chi connectivity index (χ1v) is 3.55. The second-order valence-electron chi connectivity index (χ2n) is 3.07. The van der Waals surface area contributed by atoms with E-state index in [2.05, 4.69) is 5.32 Å². The summed E-state index contributed by atoms with van der Waals surface area (Å²) in [5.74, 6) is -0.408. The maximum atomic E-state index is 10.5. The van der Waals surface area contributed by atoms with Crippen LogP contribution in [-0.2, 0) is 4.79 Å². The molecule has 0 rings (SSSR count). The monoisotopic (exact) mass is 161 g/mol. The van der Waals surface area contributed by atoms with Crippen LogP contribution in [0.1, 0.15) is 20.3 Å². The molecule has 0 aliphatic carbocycles. The van der Waals surface area contributed by atoms with Crippen molar-refractivity contribution >= 4 is 5.91 Å². The molecule has 11 heavy (non-hydrogen) atoms. The molecule has 0 aromatic rings. The van der Waals surface area contributed by atoms with Crippen molar-refractivity contribution in [1.82, 2.24) is 5.32 Å². The van der Waals surface area contributed by atoms with E-state index >= 15 is 0 Å². The summed E-state index contributed by atoms with van der Waals surface area (Å²) in [7, 11) is 0. The van der Waals surface area contributed by atoms with Crippen molar-refractivity contribution in [1.29, 1.82) is 0 Å². The lowest BCUT2D eigenvalue weighted by molar-refractivity contribution is -0.123. The maximum Gasteiger partial charge on any atom is 0.245 e. The molecule has 0 aliphatic rings. The van der Waals surface area contributed by atoms with E-state index in [-0.39, 0.29) is 0 Å². The summed E-state index contributed by atoms with van der Waals surface area (Å²) in [6.45, 7) is 3.23. The van der Waals surface area contributed by atoms with Crippen LogP contribution in [0.2, 0.25) is 0 Å². The van der Waals surface area contributed by atoms with Gasteiger partial charge in [-0.3, -0.25) is 4.79 Å². The van der Waals surface area contributed by atoms with Crippen molar-refractivity contribution in [2.45, 2.75) is 25.9 Å².